The van der Waals surface area contributed by atoms with Gasteiger partial charge in [0.1, 0.15) is 11.2 Å². The summed E-state index contributed by atoms with van der Waals surface area (Å²) >= 11 is 0. The first-order valence-corrected chi connectivity index (χ1v) is 17.0. The van der Waals surface area contributed by atoms with Crippen LogP contribution in [0.4, 0.5) is 0 Å². The molecule has 0 saturated heterocycles. The molecule has 0 atom stereocenters. The summed E-state index contributed by atoms with van der Waals surface area (Å²) in [5.74, 6) is 0.214. The van der Waals surface area contributed by atoms with E-state index in [1.807, 2.05) is 54.6 Å². The number of rotatable bonds is 7. The average molecular weight is 722 g/mol. The zero-order valence-electron chi connectivity index (χ0n) is 46.4. The summed E-state index contributed by atoms with van der Waals surface area (Å²) in [5.41, 5.74) is -1.84. The van der Waals surface area contributed by atoms with Gasteiger partial charge in [-0.2, -0.15) is 0 Å². The minimum absolute atomic E-state index is 0.161. The van der Waals surface area contributed by atoms with Crippen molar-refractivity contribution < 1.29 is 29.1 Å². The molecule has 0 aliphatic heterocycles. The van der Waals surface area contributed by atoms with Crippen molar-refractivity contribution in [2.24, 2.45) is 0 Å². The maximum Gasteiger partial charge on any atom is 0.164 e. The van der Waals surface area contributed by atoms with E-state index in [1.165, 1.54) is 0 Å². The van der Waals surface area contributed by atoms with Gasteiger partial charge in [-0.1, -0.05) is 151 Å². The molecule has 0 bridgehead atoms. The first-order chi connectivity index (χ1) is 34.7. The van der Waals surface area contributed by atoms with Gasteiger partial charge in [-0.3, -0.25) is 0 Å². The summed E-state index contributed by atoms with van der Waals surface area (Å²) in [5, 5.41) is -0.591. The van der Waals surface area contributed by atoms with E-state index >= 15 is 0 Å². The van der Waals surface area contributed by atoms with Gasteiger partial charge >= 0.3 is 0 Å². The lowest BCUT2D eigenvalue weighted by atomic mass is 9.93. The summed E-state index contributed by atoms with van der Waals surface area (Å²) in [7, 11) is 0. The van der Waals surface area contributed by atoms with E-state index in [2.05, 4.69) is 0 Å². The van der Waals surface area contributed by atoms with Crippen LogP contribution in [0.25, 0.3) is 101 Å². The zero-order chi connectivity index (χ0) is 52.2. The molecule has 0 aliphatic rings. The second-order valence-corrected chi connectivity index (χ2v) is 12.2. The number of aromatic nitrogens is 3. The van der Waals surface area contributed by atoms with Crippen LogP contribution in [0.15, 0.2) is 204 Å². The van der Waals surface area contributed by atoms with Crippen molar-refractivity contribution >= 4 is 21.9 Å². The van der Waals surface area contributed by atoms with Crippen LogP contribution in [0.1, 0.15) is 24.7 Å². The Morgan fingerprint density at radius 1 is 0.327 bits per heavy atom. The maximum atomic E-state index is 9.70. The predicted molar refractivity (Wildman–Crippen MR) is 225 cm³/mol. The van der Waals surface area contributed by atoms with Gasteiger partial charge in [0.15, 0.2) is 17.5 Å². The molecule has 0 radical (unpaired) electrons. The highest BCUT2D eigenvalue weighted by atomic mass is 16.3. The highest BCUT2D eigenvalue weighted by molar-refractivity contribution is 6.07. The lowest BCUT2D eigenvalue weighted by Gasteiger charge is -2.11. The molecule has 0 aliphatic carbocycles. The van der Waals surface area contributed by atoms with Crippen molar-refractivity contribution in [3.05, 3.63) is 200 Å². The Bertz CT molecular complexity index is 3860. The summed E-state index contributed by atoms with van der Waals surface area (Å²) in [4.78, 5) is 14.2. The SMILES string of the molecule is [2H]c1c([2H])c([2H])c(-c2c([2H])c(-c3cc([2H])c4oc5c([2H])c(-c6nc(-c7ccccc7)nc(-c7cccc(-c8ccccc8)c7)n6)c([2H])c([2H])c5c4c3[2H])c([2H])c(-c3c([2H])c([2H])c([2H])c([2H])c3[2H])c2[2H])c([2H])c1[2H]. The van der Waals surface area contributed by atoms with Gasteiger partial charge in [0.25, 0.3) is 0 Å². The Hall–Kier alpha value is -7.43. The Morgan fingerprint density at radius 3 is 1.53 bits per heavy atom. The van der Waals surface area contributed by atoms with Crippen molar-refractivity contribution in [2.45, 2.75) is 0 Å². The fourth-order valence-corrected chi connectivity index (χ4v) is 6.09. The van der Waals surface area contributed by atoms with Crippen LogP contribution in [0.2, 0.25) is 0 Å². The maximum absolute atomic E-state index is 9.70. The second-order valence-electron chi connectivity index (χ2n) is 12.2. The third kappa shape index (κ3) is 6.36. The van der Waals surface area contributed by atoms with Crippen LogP contribution in [-0.2, 0) is 0 Å². The van der Waals surface area contributed by atoms with Gasteiger partial charge in [0.05, 0.1) is 24.7 Å². The van der Waals surface area contributed by atoms with E-state index < -0.39 is 142 Å². The monoisotopic (exact) mass is 721 g/mol. The van der Waals surface area contributed by atoms with Gasteiger partial charge in [0.2, 0.25) is 0 Å². The van der Waals surface area contributed by atoms with Crippen molar-refractivity contribution in [2.75, 3.05) is 0 Å². The molecule has 0 unspecified atom stereocenters. The number of benzene rings is 8. The number of hydrogen-bond donors (Lipinski definition) is 0. The van der Waals surface area contributed by atoms with Gasteiger partial charge in [-0.05, 0) is 92.9 Å². The Labute approximate surface area is 344 Å². The molecule has 2 aromatic heterocycles. The van der Waals surface area contributed by atoms with Crippen LogP contribution in [0, 0.1) is 0 Å². The Kier molecular flexibility index (Phi) is 4.67. The van der Waals surface area contributed by atoms with E-state index in [4.69, 9.17) is 33.1 Å². The summed E-state index contributed by atoms with van der Waals surface area (Å²) in [6.07, 6.45) is 0. The highest BCUT2D eigenvalue weighted by Crippen LogP contribution is 2.38. The van der Waals surface area contributed by atoms with Crippen LogP contribution >= 0.6 is 0 Å². The van der Waals surface area contributed by atoms with Gasteiger partial charge < -0.3 is 4.42 Å². The van der Waals surface area contributed by atoms with Crippen molar-refractivity contribution in [1.29, 1.82) is 0 Å². The van der Waals surface area contributed by atoms with Crippen LogP contribution < -0.4 is 0 Å². The molecule has 0 spiro atoms. The normalized spacial score (nSPS) is 15.9. The zero-order valence-corrected chi connectivity index (χ0v) is 28.4. The summed E-state index contributed by atoms with van der Waals surface area (Å²) < 4.78 is 167. The lowest BCUT2D eigenvalue weighted by molar-refractivity contribution is 0.669. The molecule has 4 nitrogen and oxygen atoms in total. The van der Waals surface area contributed by atoms with Crippen LogP contribution in [0.3, 0.4) is 0 Å². The predicted octanol–water partition coefficient (Wildman–Crippen LogP) is 13.4. The third-order valence-corrected chi connectivity index (χ3v) is 8.70. The molecule has 10 rings (SSSR count). The minimum atomic E-state index is -0.900. The molecular formula is C51H33N3O. The second kappa shape index (κ2) is 13.8. The summed E-state index contributed by atoms with van der Waals surface area (Å²) in [6.45, 7) is 0. The summed E-state index contributed by atoms with van der Waals surface area (Å²) in [6, 6.07) is 13.2. The fourth-order valence-electron chi connectivity index (χ4n) is 6.09. The van der Waals surface area contributed by atoms with Crippen molar-refractivity contribution in [3.8, 4) is 78.7 Å². The number of furan rings is 1. The van der Waals surface area contributed by atoms with Crippen LogP contribution in [-0.4, -0.2) is 15.0 Å². The highest BCUT2D eigenvalue weighted by Gasteiger charge is 2.16. The van der Waals surface area contributed by atoms with Crippen molar-refractivity contribution in [1.82, 2.24) is 15.0 Å². The van der Waals surface area contributed by atoms with E-state index in [-0.39, 0.29) is 45.0 Å². The van der Waals surface area contributed by atoms with E-state index in [1.54, 1.807) is 30.3 Å². The van der Waals surface area contributed by atoms with Crippen molar-refractivity contribution in [3.63, 3.8) is 0 Å². The number of fused-ring (bicyclic) bond motifs is 3. The molecule has 4 heteroatoms. The molecule has 258 valence electrons. The molecule has 0 N–H and O–H groups in total. The van der Waals surface area contributed by atoms with Crippen LogP contribution in [0.5, 0.6) is 0 Å². The molecule has 0 amide bonds. The molecule has 8 aromatic carbocycles. The number of nitrogens with zero attached hydrogens (tertiary/aromatic N) is 3. The minimum Gasteiger partial charge on any atom is -0.456 e. The van der Waals surface area contributed by atoms with E-state index in [0.717, 1.165) is 17.2 Å². The van der Waals surface area contributed by atoms with E-state index in [9.17, 15) is 11.0 Å². The molecule has 2 heterocycles. The molecule has 0 fully saturated rings. The topological polar surface area (TPSA) is 51.8 Å². The smallest absolute Gasteiger partial charge is 0.164 e. The van der Waals surface area contributed by atoms with Gasteiger partial charge in [-0.15, -0.1) is 0 Å². The van der Waals surface area contributed by atoms with Gasteiger partial charge in [0, 0.05) is 27.5 Å². The molecular weight excluding hydrogens is 671 g/mol. The van der Waals surface area contributed by atoms with Gasteiger partial charge in [-0.25, -0.2) is 15.0 Å². The molecule has 10 aromatic rings. The fraction of sp³-hybridized carbons (Fsp3) is 0. The lowest BCUT2D eigenvalue weighted by Crippen LogP contribution is -2.00. The Morgan fingerprint density at radius 2 is 0.873 bits per heavy atom. The first-order valence-electron chi connectivity index (χ1n) is 26.0. The average Bonchev–Trinajstić information content (AvgIpc) is 3.82. The quantitative estimate of drug-likeness (QED) is 0.164. The largest absolute Gasteiger partial charge is 0.456 e. The first kappa shape index (κ1) is 18.6. The number of hydrogen-bond acceptors (Lipinski definition) is 4. The molecule has 0 saturated carbocycles. The van der Waals surface area contributed by atoms with E-state index in [0.29, 0.717) is 11.1 Å². The standard InChI is InChI=1S/C51H33N3O/c1-5-14-34(15-6-1)38-22-13-23-40(28-38)50-52-49(37-20-11-4-12-21-37)53-51(54-50)41-24-26-45-46-32-39(25-27-47(46)55-48(45)33-41)44-30-42(35-16-7-2-8-17-35)29-43(31-44)36-18-9-3-10-19-36/h1-33H/i2D,3D,7D,8D,9D,10D,16D,17D,18D,19D,24D,26D,27D,29D,30D,31D,32D,33D. The Balaban J connectivity index is 1.25. The molecule has 55 heavy (non-hydrogen) atoms. The third-order valence-electron chi connectivity index (χ3n) is 8.70.